The number of rotatable bonds is 9. The topological polar surface area (TPSA) is 140 Å². The molecule has 2 aromatic carbocycles. The van der Waals surface area contributed by atoms with Crippen molar-refractivity contribution >= 4 is 16.6 Å². The number of nitrogen functional groups attached to an aromatic ring is 1. The van der Waals surface area contributed by atoms with Crippen LogP contribution in [0.25, 0.3) is 34.3 Å². The molecule has 0 saturated carbocycles. The fourth-order valence-electron chi connectivity index (χ4n) is 3.45. The highest BCUT2D eigenvalue weighted by molar-refractivity contribution is 7.85. The van der Waals surface area contributed by atoms with E-state index in [0.29, 0.717) is 23.6 Å². The number of aliphatic hydroxyl groups is 1. The predicted octanol–water partition coefficient (Wildman–Crippen LogP) is 3.18. The Morgan fingerprint density at radius 3 is 2.60 bits per heavy atom. The van der Waals surface area contributed by atoms with Crippen molar-refractivity contribution in [2.24, 2.45) is 0 Å². The highest BCUT2D eigenvalue weighted by Crippen LogP contribution is 2.29. The molecule has 11 heteroatoms. The van der Waals surface area contributed by atoms with Gasteiger partial charge >= 0.3 is 0 Å². The maximum atomic E-state index is 14.6. The van der Waals surface area contributed by atoms with Crippen molar-refractivity contribution < 1.29 is 18.1 Å². The van der Waals surface area contributed by atoms with Gasteiger partial charge in [-0.25, -0.2) is 14.4 Å². The van der Waals surface area contributed by atoms with Gasteiger partial charge in [0.1, 0.15) is 5.82 Å². The molecule has 2 aromatic heterocycles. The zero-order valence-electron chi connectivity index (χ0n) is 19.2. The molecule has 4 rings (SSSR count). The molecule has 0 radical (unpaired) electrons. The van der Waals surface area contributed by atoms with E-state index < -0.39 is 16.6 Å². The number of nitrogens with zero attached hydrogens (tertiary/aromatic N) is 4. The second-order valence-electron chi connectivity index (χ2n) is 7.89. The van der Waals surface area contributed by atoms with Gasteiger partial charge in [-0.2, -0.15) is 0 Å². The van der Waals surface area contributed by atoms with Gasteiger partial charge in [0.2, 0.25) is 0 Å². The molecule has 35 heavy (non-hydrogen) atoms. The molecule has 0 aliphatic rings. The quantitative estimate of drug-likeness (QED) is 0.319. The number of nitrogens with two attached hydrogens (primary N) is 1. The van der Waals surface area contributed by atoms with Gasteiger partial charge in [-0.1, -0.05) is 25.1 Å². The zero-order chi connectivity index (χ0) is 24.9. The molecule has 0 bridgehead atoms. The summed E-state index contributed by atoms with van der Waals surface area (Å²) in [4.78, 5) is 9.37. The Hall–Kier alpha value is -3.54. The lowest BCUT2D eigenvalue weighted by Gasteiger charge is -2.10. The number of hydrogen-bond donors (Lipinski definition) is 3. The predicted molar refractivity (Wildman–Crippen MR) is 131 cm³/mol. The first-order valence-corrected chi connectivity index (χ1v) is 12.1. The summed E-state index contributed by atoms with van der Waals surface area (Å²) in [6.45, 7) is 2.35. The number of aromatic nitrogens is 4. The molecule has 2 atom stereocenters. The molecule has 2 heterocycles. The second kappa shape index (κ2) is 10.8. The molecule has 0 fully saturated rings. The SMILES string of the molecule is CNCc1ccc(-c2nnc(-c3nc(-c4ccc(S(=O)C(C)CCO)cc4)cnc3N)o2)c(F)c1. The minimum absolute atomic E-state index is 0.00365. The summed E-state index contributed by atoms with van der Waals surface area (Å²) in [5, 5.41) is 19.8. The van der Waals surface area contributed by atoms with Crippen LogP contribution in [0.1, 0.15) is 18.9 Å². The average molecular weight is 497 g/mol. The Kier molecular flexibility index (Phi) is 7.59. The monoisotopic (exact) mass is 496 g/mol. The number of benzene rings is 2. The lowest BCUT2D eigenvalue weighted by molar-refractivity contribution is 0.288. The van der Waals surface area contributed by atoms with E-state index >= 15 is 0 Å². The number of anilines is 1. The van der Waals surface area contributed by atoms with Crippen LogP contribution in [0, 0.1) is 5.82 Å². The Bertz CT molecular complexity index is 1350. The zero-order valence-corrected chi connectivity index (χ0v) is 20.1. The molecule has 0 aliphatic heterocycles. The summed E-state index contributed by atoms with van der Waals surface area (Å²) in [7, 11) is 0.548. The van der Waals surface area contributed by atoms with Crippen LogP contribution < -0.4 is 11.1 Å². The van der Waals surface area contributed by atoms with Crippen molar-refractivity contribution in [3.63, 3.8) is 0 Å². The first kappa shape index (κ1) is 24.6. The van der Waals surface area contributed by atoms with Crippen LogP contribution >= 0.6 is 0 Å². The lowest BCUT2D eigenvalue weighted by atomic mass is 10.1. The number of halogens is 1. The third kappa shape index (κ3) is 5.42. The van der Waals surface area contributed by atoms with Gasteiger partial charge in [-0.05, 0) is 43.3 Å². The summed E-state index contributed by atoms with van der Waals surface area (Å²) >= 11 is 0. The van der Waals surface area contributed by atoms with E-state index in [-0.39, 0.29) is 40.7 Å². The third-order valence-electron chi connectivity index (χ3n) is 5.36. The first-order valence-electron chi connectivity index (χ1n) is 10.9. The van der Waals surface area contributed by atoms with Gasteiger partial charge in [0.25, 0.3) is 11.8 Å². The van der Waals surface area contributed by atoms with E-state index in [9.17, 15) is 8.60 Å². The second-order valence-corrected chi connectivity index (χ2v) is 9.76. The maximum absolute atomic E-state index is 14.6. The summed E-state index contributed by atoms with van der Waals surface area (Å²) in [6.07, 6.45) is 1.97. The van der Waals surface area contributed by atoms with Crippen molar-refractivity contribution in [2.75, 3.05) is 19.4 Å². The normalized spacial score (nSPS) is 13.0. The number of hydrogen-bond acceptors (Lipinski definition) is 9. The summed E-state index contributed by atoms with van der Waals surface area (Å²) in [5.41, 5.74) is 8.37. The molecule has 0 saturated heterocycles. The van der Waals surface area contributed by atoms with Crippen LogP contribution in [0.15, 0.2) is 58.0 Å². The van der Waals surface area contributed by atoms with Crippen molar-refractivity contribution in [1.82, 2.24) is 25.5 Å². The fraction of sp³-hybridized carbons (Fsp3) is 0.250. The highest BCUT2D eigenvalue weighted by Gasteiger charge is 2.19. The van der Waals surface area contributed by atoms with E-state index in [2.05, 4.69) is 25.5 Å². The van der Waals surface area contributed by atoms with Crippen molar-refractivity contribution in [3.8, 4) is 34.3 Å². The summed E-state index contributed by atoms with van der Waals surface area (Å²) in [5.74, 6) is -0.374. The third-order valence-corrected chi connectivity index (χ3v) is 7.06. The fourth-order valence-corrected chi connectivity index (χ4v) is 4.64. The van der Waals surface area contributed by atoms with E-state index in [0.717, 1.165) is 11.1 Å². The minimum atomic E-state index is -1.23. The molecule has 0 amide bonds. The van der Waals surface area contributed by atoms with E-state index in [1.807, 2.05) is 6.92 Å². The Morgan fingerprint density at radius 2 is 1.91 bits per heavy atom. The van der Waals surface area contributed by atoms with Crippen LogP contribution in [-0.4, -0.2) is 48.4 Å². The smallest absolute Gasteiger partial charge is 0.270 e. The molecule has 0 spiro atoms. The number of nitrogens with one attached hydrogen (secondary N) is 1. The van der Waals surface area contributed by atoms with E-state index in [4.69, 9.17) is 15.3 Å². The van der Waals surface area contributed by atoms with E-state index in [1.54, 1.807) is 43.4 Å². The molecular formula is C24H25FN6O3S. The Labute approximate surface area is 204 Å². The summed E-state index contributed by atoms with van der Waals surface area (Å²) < 4.78 is 32.8. The lowest BCUT2D eigenvalue weighted by Crippen LogP contribution is -2.12. The minimum Gasteiger partial charge on any atom is -0.414 e. The summed E-state index contributed by atoms with van der Waals surface area (Å²) in [6, 6.07) is 11.8. The van der Waals surface area contributed by atoms with Gasteiger partial charge in [0, 0.05) is 28.9 Å². The van der Waals surface area contributed by atoms with Gasteiger partial charge in [-0.15, -0.1) is 10.2 Å². The highest BCUT2D eigenvalue weighted by atomic mass is 32.2. The molecule has 9 nitrogen and oxygen atoms in total. The van der Waals surface area contributed by atoms with Crippen molar-refractivity contribution in [2.45, 2.75) is 30.0 Å². The van der Waals surface area contributed by atoms with Gasteiger partial charge in [0.05, 0.1) is 28.3 Å². The standard InChI is InChI=1S/C24H25FN6O3S/c1-14(9-10-32)35(33)17-6-4-16(5-7-17)20-13-28-22(26)21(29-20)24-31-30-23(34-24)18-8-3-15(12-27-2)11-19(18)25/h3-8,11,13-14,27,32H,9-10,12H2,1-2H3,(H2,26,28). The maximum Gasteiger partial charge on any atom is 0.270 e. The Balaban J connectivity index is 1.60. The van der Waals surface area contributed by atoms with Crippen LogP contribution in [-0.2, 0) is 17.3 Å². The van der Waals surface area contributed by atoms with Crippen LogP contribution in [0.4, 0.5) is 10.2 Å². The molecular weight excluding hydrogens is 471 g/mol. The first-order chi connectivity index (χ1) is 16.9. The number of aliphatic hydroxyl groups excluding tert-OH is 1. The largest absolute Gasteiger partial charge is 0.414 e. The van der Waals surface area contributed by atoms with E-state index in [1.165, 1.54) is 12.3 Å². The molecule has 0 aliphatic carbocycles. The van der Waals surface area contributed by atoms with Gasteiger partial charge < -0.3 is 20.6 Å². The molecule has 182 valence electrons. The van der Waals surface area contributed by atoms with Crippen LogP contribution in [0.2, 0.25) is 0 Å². The Morgan fingerprint density at radius 1 is 1.17 bits per heavy atom. The van der Waals surface area contributed by atoms with Crippen molar-refractivity contribution in [3.05, 3.63) is 60.0 Å². The molecule has 2 unspecified atom stereocenters. The van der Waals surface area contributed by atoms with Gasteiger partial charge in [0.15, 0.2) is 11.5 Å². The molecule has 4 aromatic rings. The average Bonchev–Trinajstić information content (AvgIpc) is 3.34. The van der Waals surface area contributed by atoms with Crippen molar-refractivity contribution in [1.29, 1.82) is 0 Å². The van der Waals surface area contributed by atoms with Gasteiger partial charge in [-0.3, -0.25) is 4.21 Å². The molecule has 4 N–H and O–H groups in total. The van der Waals surface area contributed by atoms with Crippen LogP contribution in [0.3, 0.4) is 0 Å². The van der Waals surface area contributed by atoms with Crippen LogP contribution in [0.5, 0.6) is 0 Å².